The van der Waals surface area contributed by atoms with Crippen molar-refractivity contribution in [1.82, 2.24) is 10.2 Å². The van der Waals surface area contributed by atoms with Crippen LogP contribution in [0.2, 0.25) is 0 Å². The molecular weight excluding hydrogens is 264 g/mol. The second kappa shape index (κ2) is 7.46. The number of para-hydroxylation sites is 1. The van der Waals surface area contributed by atoms with E-state index in [1.54, 1.807) is 0 Å². The summed E-state index contributed by atoms with van der Waals surface area (Å²) >= 11 is 0. The van der Waals surface area contributed by atoms with Crippen LogP contribution in [0.1, 0.15) is 33.1 Å². The molecule has 1 heterocycles. The largest absolute Gasteiger partial charge is 0.484 e. The predicted octanol–water partition coefficient (Wildman–Crippen LogP) is 2.45. The first-order chi connectivity index (χ1) is 10.1. The van der Waals surface area contributed by atoms with Gasteiger partial charge in [0, 0.05) is 12.1 Å². The molecule has 1 N–H and O–H groups in total. The van der Waals surface area contributed by atoms with Gasteiger partial charge in [-0.05, 0) is 51.9 Å². The summed E-state index contributed by atoms with van der Waals surface area (Å²) < 4.78 is 5.45. The normalized spacial score (nSPS) is 16.5. The van der Waals surface area contributed by atoms with Crippen molar-refractivity contribution in [3.63, 3.8) is 0 Å². The number of carbonyl (C=O) groups is 1. The van der Waals surface area contributed by atoms with Crippen molar-refractivity contribution in [2.75, 3.05) is 26.2 Å². The zero-order chi connectivity index (χ0) is 15.1. The lowest BCUT2D eigenvalue weighted by Gasteiger charge is -2.41. The molecule has 1 aliphatic rings. The van der Waals surface area contributed by atoms with Crippen LogP contribution in [0, 0.1) is 0 Å². The molecule has 21 heavy (non-hydrogen) atoms. The molecule has 0 saturated carbocycles. The highest BCUT2D eigenvalue weighted by atomic mass is 16.5. The summed E-state index contributed by atoms with van der Waals surface area (Å²) in [5.41, 5.74) is 0.00280. The van der Waals surface area contributed by atoms with Crippen molar-refractivity contribution >= 4 is 5.91 Å². The van der Waals surface area contributed by atoms with Crippen LogP contribution in [0.4, 0.5) is 0 Å². The van der Waals surface area contributed by atoms with Gasteiger partial charge in [0.2, 0.25) is 0 Å². The van der Waals surface area contributed by atoms with E-state index in [2.05, 4.69) is 24.1 Å². The Morgan fingerprint density at radius 2 is 1.86 bits per heavy atom. The molecule has 0 unspecified atom stereocenters. The van der Waals surface area contributed by atoms with Gasteiger partial charge in [-0.3, -0.25) is 9.69 Å². The summed E-state index contributed by atoms with van der Waals surface area (Å²) in [6, 6.07) is 9.42. The SMILES string of the molecule is CC(C)(CNC(=O)COc1ccccc1)N1CCCCC1. The van der Waals surface area contributed by atoms with E-state index in [-0.39, 0.29) is 18.1 Å². The molecule has 0 bridgehead atoms. The van der Waals surface area contributed by atoms with Crippen molar-refractivity contribution in [3.8, 4) is 5.75 Å². The van der Waals surface area contributed by atoms with Crippen molar-refractivity contribution in [2.24, 2.45) is 0 Å². The number of likely N-dealkylation sites (tertiary alicyclic amines) is 1. The van der Waals surface area contributed by atoms with Gasteiger partial charge in [0.1, 0.15) is 5.75 Å². The molecule has 1 aromatic rings. The average Bonchev–Trinajstić information content (AvgIpc) is 2.53. The van der Waals surface area contributed by atoms with E-state index in [4.69, 9.17) is 4.74 Å². The quantitative estimate of drug-likeness (QED) is 0.875. The third kappa shape index (κ3) is 5.05. The molecule has 2 rings (SSSR count). The van der Waals surface area contributed by atoms with Gasteiger partial charge in [-0.1, -0.05) is 24.6 Å². The summed E-state index contributed by atoms with van der Waals surface area (Å²) in [5.74, 6) is 0.659. The highest BCUT2D eigenvalue weighted by Crippen LogP contribution is 2.19. The Morgan fingerprint density at radius 3 is 2.52 bits per heavy atom. The van der Waals surface area contributed by atoms with E-state index in [0.29, 0.717) is 6.54 Å². The minimum atomic E-state index is -0.0658. The van der Waals surface area contributed by atoms with Gasteiger partial charge < -0.3 is 10.1 Å². The number of hydrogen-bond donors (Lipinski definition) is 1. The maximum atomic E-state index is 11.9. The van der Waals surface area contributed by atoms with Gasteiger partial charge in [-0.25, -0.2) is 0 Å². The second-order valence-corrected chi connectivity index (χ2v) is 6.24. The van der Waals surface area contributed by atoms with Crippen molar-refractivity contribution in [1.29, 1.82) is 0 Å². The highest BCUT2D eigenvalue weighted by molar-refractivity contribution is 5.77. The monoisotopic (exact) mass is 290 g/mol. The molecule has 4 nitrogen and oxygen atoms in total. The van der Waals surface area contributed by atoms with Crippen LogP contribution in [0.5, 0.6) is 5.75 Å². The Labute approximate surface area is 127 Å². The number of rotatable bonds is 6. The molecule has 1 aliphatic heterocycles. The first-order valence-electron chi connectivity index (χ1n) is 7.77. The van der Waals surface area contributed by atoms with Crippen LogP contribution < -0.4 is 10.1 Å². The molecule has 1 fully saturated rings. The Hall–Kier alpha value is -1.55. The fourth-order valence-electron chi connectivity index (χ4n) is 2.64. The molecule has 4 heteroatoms. The minimum Gasteiger partial charge on any atom is -0.484 e. The molecule has 0 radical (unpaired) electrons. The molecule has 116 valence electrons. The molecular formula is C17H26N2O2. The van der Waals surface area contributed by atoms with E-state index in [0.717, 1.165) is 18.8 Å². The van der Waals surface area contributed by atoms with E-state index in [1.165, 1.54) is 19.3 Å². The summed E-state index contributed by atoms with van der Waals surface area (Å²) in [7, 11) is 0. The van der Waals surface area contributed by atoms with Gasteiger partial charge >= 0.3 is 0 Å². The number of piperidine rings is 1. The molecule has 1 saturated heterocycles. The third-order valence-electron chi connectivity index (χ3n) is 4.04. The average molecular weight is 290 g/mol. The topological polar surface area (TPSA) is 41.6 Å². The lowest BCUT2D eigenvalue weighted by atomic mass is 9.98. The van der Waals surface area contributed by atoms with Crippen LogP contribution in [-0.2, 0) is 4.79 Å². The Morgan fingerprint density at radius 1 is 1.19 bits per heavy atom. The van der Waals surface area contributed by atoms with Crippen LogP contribution >= 0.6 is 0 Å². The molecule has 0 aromatic heterocycles. The summed E-state index contributed by atoms with van der Waals surface area (Å²) in [5, 5.41) is 2.98. The van der Waals surface area contributed by atoms with Crippen molar-refractivity contribution in [2.45, 2.75) is 38.6 Å². The molecule has 1 aromatic carbocycles. The fourth-order valence-corrected chi connectivity index (χ4v) is 2.64. The number of carbonyl (C=O) groups excluding carboxylic acids is 1. The molecule has 0 atom stereocenters. The summed E-state index contributed by atoms with van der Waals surface area (Å²) in [6.45, 7) is 7.37. The van der Waals surface area contributed by atoms with E-state index < -0.39 is 0 Å². The summed E-state index contributed by atoms with van der Waals surface area (Å²) in [4.78, 5) is 14.4. The predicted molar refractivity (Wildman–Crippen MR) is 84.4 cm³/mol. The van der Waals surface area contributed by atoms with E-state index in [9.17, 15) is 4.79 Å². The van der Waals surface area contributed by atoms with Crippen LogP contribution in [0.25, 0.3) is 0 Å². The zero-order valence-electron chi connectivity index (χ0n) is 13.1. The van der Waals surface area contributed by atoms with Gasteiger partial charge in [-0.2, -0.15) is 0 Å². The zero-order valence-corrected chi connectivity index (χ0v) is 13.1. The van der Waals surface area contributed by atoms with Gasteiger partial charge in [0.15, 0.2) is 6.61 Å². The van der Waals surface area contributed by atoms with Gasteiger partial charge in [0.05, 0.1) is 0 Å². The lowest BCUT2D eigenvalue weighted by Crippen LogP contribution is -2.53. The highest BCUT2D eigenvalue weighted by Gasteiger charge is 2.28. The number of benzene rings is 1. The van der Waals surface area contributed by atoms with Crippen molar-refractivity contribution in [3.05, 3.63) is 30.3 Å². The van der Waals surface area contributed by atoms with Gasteiger partial charge in [0.25, 0.3) is 5.91 Å². The standard InChI is InChI=1S/C17H26N2O2/c1-17(2,19-11-7-4-8-12-19)14-18-16(20)13-21-15-9-5-3-6-10-15/h3,5-6,9-10H,4,7-8,11-14H2,1-2H3,(H,18,20). The smallest absolute Gasteiger partial charge is 0.258 e. The Bertz CT molecular complexity index is 439. The number of amides is 1. The number of nitrogens with one attached hydrogen (secondary N) is 1. The Kier molecular flexibility index (Phi) is 5.62. The molecule has 0 aliphatic carbocycles. The number of nitrogens with zero attached hydrogens (tertiary/aromatic N) is 1. The van der Waals surface area contributed by atoms with Crippen molar-refractivity contribution < 1.29 is 9.53 Å². The second-order valence-electron chi connectivity index (χ2n) is 6.24. The summed E-state index contributed by atoms with van der Waals surface area (Å²) in [6.07, 6.45) is 3.84. The van der Waals surface area contributed by atoms with E-state index in [1.807, 2.05) is 30.3 Å². The number of hydrogen-bond acceptors (Lipinski definition) is 3. The van der Waals surface area contributed by atoms with Crippen LogP contribution in [-0.4, -0.2) is 42.6 Å². The first-order valence-corrected chi connectivity index (χ1v) is 7.77. The molecule has 0 spiro atoms. The third-order valence-corrected chi connectivity index (χ3v) is 4.04. The maximum Gasteiger partial charge on any atom is 0.258 e. The fraction of sp³-hybridized carbons (Fsp3) is 0.588. The molecule has 1 amide bonds. The minimum absolute atomic E-state index is 0.00280. The van der Waals surface area contributed by atoms with Crippen LogP contribution in [0.3, 0.4) is 0 Å². The maximum absolute atomic E-state index is 11.9. The van der Waals surface area contributed by atoms with Crippen LogP contribution in [0.15, 0.2) is 30.3 Å². The number of ether oxygens (including phenoxy) is 1. The first kappa shape index (κ1) is 15.8. The van der Waals surface area contributed by atoms with Gasteiger partial charge in [-0.15, -0.1) is 0 Å². The Balaban J connectivity index is 1.72. The van der Waals surface area contributed by atoms with E-state index >= 15 is 0 Å². The lowest BCUT2D eigenvalue weighted by molar-refractivity contribution is -0.123.